The highest BCUT2D eigenvalue weighted by Crippen LogP contribution is 2.59. The highest BCUT2D eigenvalue weighted by molar-refractivity contribution is 5.22. The molecule has 132 valence electrons. The maximum Gasteiger partial charge on any atom is 0.119 e. The summed E-state index contributed by atoms with van der Waals surface area (Å²) < 4.78 is 23.3. The second kappa shape index (κ2) is 5.99. The predicted molar refractivity (Wildman–Crippen MR) is 88.0 cm³/mol. The summed E-state index contributed by atoms with van der Waals surface area (Å²) in [6.07, 6.45) is 1.88. The van der Waals surface area contributed by atoms with Crippen molar-refractivity contribution >= 4 is 0 Å². The molecule has 3 fully saturated rings. The van der Waals surface area contributed by atoms with Gasteiger partial charge in [0.15, 0.2) is 0 Å². The van der Waals surface area contributed by atoms with Crippen LogP contribution in [-0.4, -0.2) is 54.9 Å². The molecule has 3 aliphatic rings. The van der Waals surface area contributed by atoms with Crippen LogP contribution in [0, 0.1) is 5.92 Å². The van der Waals surface area contributed by atoms with Crippen LogP contribution in [0.2, 0.25) is 0 Å². The maximum absolute atomic E-state index is 10.3. The van der Waals surface area contributed by atoms with Crippen LogP contribution in [0.3, 0.4) is 0 Å². The molecule has 1 aromatic rings. The van der Waals surface area contributed by atoms with Gasteiger partial charge in [0.1, 0.15) is 11.4 Å². The van der Waals surface area contributed by atoms with Gasteiger partial charge in [-0.2, -0.15) is 0 Å². The second-order valence-corrected chi connectivity index (χ2v) is 7.38. The van der Waals surface area contributed by atoms with E-state index < -0.39 is 6.10 Å². The van der Waals surface area contributed by atoms with Crippen LogP contribution in [0.4, 0.5) is 0 Å². The Balaban J connectivity index is 1.39. The molecule has 2 aliphatic heterocycles. The van der Waals surface area contributed by atoms with Crippen molar-refractivity contribution in [3.63, 3.8) is 0 Å². The number of hydrogen-bond acceptors (Lipinski definition) is 5. The second-order valence-electron chi connectivity index (χ2n) is 7.38. The van der Waals surface area contributed by atoms with Crippen LogP contribution in [0.1, 0.15) is 26.2 Å². The first-order valence-corrected chi connectivity index (χ1v) is 8.79. The van der Waals surface area contributed by atoms with E-state index in [9.17, 15) is 5.11 Å². The summed E-state index contributed by atoms with van der Waals surface area (Å²) >= 11 is 0. The smallest absolute Gasteiger partial charge is 0.119 e. The summed E-state index contributed by atoms with van der Waals surface area (Å²) in [6, 6.07) is 9.82. The minimum absolute atomic E-state index is 0.0699. The van der Waals surface area contributed by atoms with E-state index in [1.165, 1.54) is 0 Å². The number of aliphatic hydroxyl groups is 1. The van der Waals surface area contributed by atoms with E-state index in [0.717, 1.165) is 31.6 Å². The number of aliphatic hydroxyl groups excluding tert-OH is 1. The number of epoxide rings is 2. The van der Waals surface area contributed by atoms with Crippen molar-refractivity contribution in [1.82, 2.24) is 0 Å². The van der Waals surface area contributed by atoms with Crippen molar-refractivity contribution in [2.24, 2.45) is 5.92 Å². The fourth-order valence-electron chi connectivity index (χ4n) is 4.48. The monoisotopic (exact) mass is 334 g/mol. The first-order valence-electron chi connectivity index (χ1n) is 8.79. The predicted octanol–water partition coefficient (Wildman–Crippen LogP) is 2.17. The van der Waals surface area contributed by atoms with E-state index in [0.29, 0.717) is 6.61 Å². The molecule has 24 heavy (non-hydrogen) atoms. The Morgan fingerprint density at radius 1 is 1.29 bits per heavy atom. The summed E-state index contributed by atoms with van der Waals surface area (Å²) in [5, 5.41) is 10.3. The molecule has 5 nitrogen and oxygen atoms in total. The average molecular weight is 334 g/mol. The van der Waals surface area contributed by atoms with Crippen LogP contribution < -0.4 is 4.74 Å². The lowest BCUT2D eigenvalue weighted by Crippen LogP contribution is -2.54. The Hall–Kier alpha value is -1.14. The van der Waals surface area contributed by atoms with Gasteiger partial charge in [0, 0.05) is 13.5 Å². The Bertz CT molecular complexity index is 572. The molecular weight excluding hydrogens is 308 g/mol. The standard InChI is InChI=1S/C19H26O5/c1-18(15(24-18)9-11-22-13-6-4-3-5-7-13)17-16(21-2)14(20)8-10-19(17)12-23-19/h3-7,14-17,20H,8-12H2,1-2H3/t14-,15-,16-,17-,18?,19+/m1/s1. The van der Waals surface area contributed by atoms with Gasteiger partial charge in [-0.15, -0.1) is 0 Å². The van der Waals surface area contributed by atoms with Gasteiger partial charge in [-0.25, -0.2) is 0 Å². The van der Waals surface area contributed by atoms with Gasteiger partial charge in [0.05, 0.1) is 43.0 Å². The molecular formula is C19H26O5. The third kappa shape index (κ3) is 2.73. The maximum atomic E-state index is 10.3. The van der Waals surface area contributed by atoms with E-state index in [-0.39, 0.29) is 29.3 Å². The molecule has 2 heterocycles. The molecule has 1 aromatic carbocycles. The lowest BCUT2D eigenvalue weighted by molar-refractivity contribution is -0.116. The largest absolute Gasteiger partial charge is 0.493 e. The van der Waals surface area contributed by atoms with E-state index in [1.54, 1.807) is 7.11 Å². The first-order chi connectivity index (χ1) is 11.6. The van der Waals surface area contributed by atoms with Crippen molar-refractivity contribution in [3.8, 4) is 5.75 Å². The van der Waals surface area contributed by atoms with Gasteiger partial charge in [-0.3, -0.25) is 0 Å². The van der Waals surface area contributed by atoms with E-state index in [4.69, 9.17) is 18.9 Å². The van der Waals surface area contributed by atoms with E-state index in [1.807, 2.05) is 30.3 Å². The molecule has 0 amide bonds. The van der Waals surface area contributed by atoms with Gasteiger partial charge < -0.3 is 24.1 Å². The number of hydrogen-bond donors (Lipinski definition) is 1. The zero-order valence-corrected chi connectivity index (χ0v) is 14.3. The molecule has 0 aromatic heterocycles. The summed E-state index contributed by atoms with van der Waals surface area (Å²) in [7, 11) is 1.67. The molecule has 0 radical (unpaired) electrons. The average Bonchev–Trinajstić information content (AvgIpc) is 3.49. The number of rotatable bonds is 6. The highest BCUT2D eigenvalue weighted by atomic mass is 16.6. The van der Waals surface area contributed by atoms with Crippen LogP contribution in [-0.2, 0) is 14.2 Å². The number of ether oxygens (including phenoxy) is 4. The summed E-state index contributed by atoms with van der Waals surface area (Å²) in [5.74, 6) is 0.949. The molecule has 0 bridgehead atoms. The Labute approximate surface area is 142 Å². The van der Waals surface area contributed by atoms with Crippen LogP contribution in [0.25, 0.3) is 0 Å². The van der Waals surface area contributed by atoms with Crippen molar-refractivity contribution in [2.75, 3.05) is 20.3 Å². The Kier molecular flexibility index (Phi) is 4.07. The van der Waals surface area contributed by atoms with Gasteiger partial charge in [-0.05, 0) is 31.9 Å². The number of methoxy groups -OCH3 is 1. The van der Waals surface area contributed by atoms with Crippen molar-refractivity contribution in [2.45, 2.75) is 55.7 Å². The number of benzene rings is 1. The van der Waals surface area contributed by atoms with Crippen molar-refractivity contribution < 1.29 is 24.1 Å². The molecule has 1 N–H and O–H groups in total. The summed E-state index contributed by atoms with van der Waals surface area (Å²) in [6.45, 7) is 3.49. The SMILES string of the molecule is CO[C@@H]1[C@H](O)CC[C@]2(CO2)[C@H]1C1(C)O[C@@H]1CCOc1ccccc1. The third-order valence-electron chi connectivity index (χ3n) is 5.91. The Morgan fingerprint density at radius 3 is 2.71 bits per heavy atom. The molecule has 1 aliphatic carbocycles. The fraction of sp³-hybridized carbons (Fsp3) is 0.684. The molecule has 1 saturated carbocycles. The summed E-state index contributed by atoms with van der Waals surface area (Å²) in [5.41, 5.74) is -0.470. The summed E-state index contributed by atoms with van der Waals surface area (Å²) in [4.78, 5) is 0. The molecule has 2 saturated heterocycles. The van der Waals surface area contributed by atoms with Gasteiger partial charge in [-0.1, -0.05) is 18.2 Å². The minimum Gasteiger partial charge on any atom is -0.493 e. The van der Waals surface area contributed by atoms with Crippen molar-refractivity contribution in [3.05, 3.63) is 30.3 Å². The molecule has 1 spiro atoms. The molecule has 4 rings (SSSR count). The third-order valence-corrected chi connectivity index (χ3v) is 5.91. The van der Waals surface area contributed by atoms with Crippen LogP contribution in [0.5, 0.6) is 5.75 Å². The van der Waals surface area contributed by atoms with Gasteiger partial charge in [0.25, 0.3) is 0 Å². The lowest BCUT2D eigenvalue weighted by Gasteiger charge is -2.41. The minimum atomic E-state index is -0.447. The first kappa shape index (κ1) is 16.3. The van der Waals surface area contributed by atoms with Gasteiger partial charge in [0.2, 0.25) is 0 Å². The van der Waals surface area contributed by atoms with Gasteiger partial charge >= 0.3 is 0 Å². The van der Waals surface area contributed by atoms with Crippen molar-refractivity contribution in [1.29, 1.82) is 0 Å². The molecule has 6 atom stereocenters. The van der Waals surface area contributed by atoms with Crippen LogP contribution in [0.15, 0.2) is 30.3 Å². The van der Waals surface area contributed by atoms with E-state index >= 15 is 0 Å². The fourth-order valence-corrected chi connectivity index (χ4v) is 4.48. The molecule has 5 heteroatoms. The topological polar surface area (TPSA) is 63.8 Å². The normalized spacial score (nSPS) is 43.6. The quantitative estimate of drug-likeness (QED) is 0.808. The Morgan fingerprint density at radius 2 is 2.04 bits per heavy atom. The van der Waals surface area contributed by atoms with E-state index in [2.05, 4.69) is 6.92 Å². The molecule has 1 unspecified atom stereocenters. The van der Waals surface area contributed by atoms with Crippen LogP contribution >= 0.6 is 0 Å². The zero-order valence-electron chi connectivity index (χ0n) is 14.3. The lowest BCUT2D eigenvalue weighted by atomic mass is 9.68. The number of para-hydroxylation sites is 1. The zero-order chi connectivity index (χ0) is 16.8. The highest BCUT2D eigenvalue weighted by Gasteiger charge is 2.71.